The Balaban J connectivity index is 2.02. The molecular weight excluding hydrogens is 365 g/mol. The van der Waals surface area contributed by atoms with E-state index in [9.17, 15) is 14.0 Å². The number of hydrogen-bond acceptors (Lipinski definition) is 5. The smallest absolute Gasteiger partial charge is 0.341 e. The summed E-state index contributed by atoms with van der Waals surface area (Å²) in [7, 11) is 2.85. The van der Waals surface area contributed by atoms with E-state index < -0.39 is 23.8 Å². The molecule has 0 fully saturated rings. The predicted octanol–water partition coefficient (Wildman–Crippen LogP) is 3.68. The molecule has 0 radical (unpaired) electrons. The normalized spacial score (nSPS) is 11.4. The first kappa shape index (κ1) is 19.5. The molecule has 2 rings (SSSR count). The standard InChI is InChI=1S/C18H17ClFNO5/c1-10(17(22)21-11-4-7-16(25-3)14(19)8-11)26-18(23)13-6-5-12(24-2)9-15(13)20/h4-10H,1-3H3,(H,21,22)/t10-/m0/s1. The van der Waals surface area contributed by atoms with Crippen molar-refractivity contribution in [1.29, 1.82) is 0 Å². The number of ether oxygens (including phenoxy) is 3. The van der Waals surface area contributed by atoms with Gasteiger partial charge >= 0.3 is 5.97 Å². The number of carbonyl (C=O) groups is 2. The van der Waals surface area contributed by atoms with Crippen molar-refractivity contribution >= 4 is 29.2 Å². The van der Waals surface area contributed by atoms with Crippen LogP contribution in [0.4, 0.5) is 10.1 Å². The first-order valence-electron chi connectivity index (χ1n) is 7.54. The van der Waals surface area contributed by atoms with Gasteiger partial charge < -0.3 is 19.5 Å². The minimum Gasteiger partial charge on any atom is -0.497 e. The summed E-state index contributed by atoms with van der Waals surface area (Å²) >= 11 is 5.99. The second kappa shape index (κ2) is 8.53. The summed E-state index contributed by atoms with van der Waals surface area (Å²) in [5.74, 6) is -1.63. The van der Waals surface area contributed by atoms with Crippen LogP contribution in [0.25, 0.3) is 0 Å². The van der Waals surface area contributed by atoms with Crippen LogP contribution in [-0.4, -0.2) is 32.2 Å². The number of halogens is 2. The SMILES string of the molecule is COc1ccc(C(=O)O[C@@H](C)C(=O)Nc2ccc(OC)c(Cl)c2)c(F)c1. The van der Waals surface area contributed by atoms with E-state index in [1.165, 1.54) is 39.3 Å². The summed E-state index contributed by atoms with van der Waals surface area (Å²) in [5, 5.41) is 2.87. The van der Waals surface area contributed by atoms with Crippen LogP contribution in [0.1, 0.15) is 17.3 Å². The summed E-state index contributed by atoms with van der Waals surface area (Å²) in [4.78, 5) is 24.2. The molecule has 0 aliphatic heterocycles. The lowest BCUT2D eigenvalue weighted by Crippen LogP contribution is -2.30. The van der Waals surface area contributed by atoms with E-state index in [-0.39, 0.29) is 11.3 Å². The van der Waals surface area contributed by atoms with E-state index in [0.29, 0.717) is 16.5 Å². The average molecular weight is 382 g/mol. The Hall–Kier alpha value is -2.80. The molecule has 2 aromatic rings. The Bertz CT molecular complexity index is 827. The van der Waals surface area contributed by atoms with Gasteiger partial charge in [-0.1, -0.05) is 11.6 Å². The van der Waals surface area contributed by atoms with Crippen LogP contribution in [-0.2, 0) is 9.53 Å². The Morgan fingerprint density at radius 3 is 2.42 bits per heavy atom. The highest BCUT2D eigenvalue weighted by Gasteiger charge is 2.21. The van der Waals surface area contributed by atoms with Gasteiger partial charge in [0.15, 0.2) is 6.10 Å². The minimum absolute atomic E-state index is 0.265. The van der Waals surface area contributed by atoms with Gasteiger partial charge in [-0.3, -0.25) is 4.79 Å². The lowest BCUT2D eigenvalue weighted by Gasteiger charge is -2.14. The molecule has 0 saturated heterocycles. The van der Waals surface area contributed by atoms with Gasteiger partial charge in [-0.15, -0.1) is 0 Å². The van der Waals surface area contributed by atoms with E-state index in [0.717, 1.165) is 6.07 Å². The number of esters is 1. The third-order valence-corrected chi connectivity index (χ3v) is 3.76. The van der Waals surface area contributed by atoms with Gasteiger partial charge in [0.05, 0.1) is 24.8 Å². The highest BCUT2D eigenvalue weighted by Crippen LogP contribution is 2.27. The molecular formula is C18H17ClFNO5. The molecule has 2 aromatic carbocycles. The fraction of sp³-hybridized carbons (Fsp3) is 0.222. The number of nitrogens with one attached hydrogen (secondary N) is 1. The topological polar surface area (TPSA) is 73.9 Å². The van der Waals surface area contributed by atoms with Crippen LogP contribution < -0.4 is 14.8 Å². The van der Waals surface area contributed by atoms with E-state index >= 15 is 0 Å². The van der Waals surface area contributed by atoms with Gasteiger partial charge in [-0.2, -0.15) is 0 Å². The molecule has 0 spiro atoms. The Kier molecular flexibility index (Phi) is 6.41. The molecule has 0 heterocycles. The van der Waals surface area contributed by atoms with Gasteiger partial charge in [0, 0.05) is 11.8 Å². The van der Waals surface area contributed by atoms with Crippen molar-refractivity contribution in [3.05, 3.63) is 52.8 Å². The molecule has 26 heavy (non-hydrogen) atoms. The first-order chi connectivity index (χ1) is 12.3. The summed E-state index contributed by atoms with van der Waals surface area (Å²) in [6.45, 7) is 1.37. The van der Waals surface area contributed by atoms with Crippen molar-refractivity contribution in [2.75, 3.05) is 19.5 Å². The molecule has 138 valence electrons. The van der Waals surface area contributed by atoms with Crippen molar-refractivity contribution in [2.45, 2.75) is 13.0 Å². The van der Waals surface area contributed by atoms with E-state index in [4.69, 9.17) is 25.8 Å². The van der Waals surface area contributed by atoms with Gasteiger partial charge in [-0.05, 0) is 37.3 Å². The molecule has 0 aromatic heterocycles. The Labute approximate surface area is 154 Å². The molecule has 1 amide bonds. The molecule has 0 unspecified atom stereocenters. The number of amides is 1. The molecule has 6 nitrogen and oxygen atoms in total. The maximum atomic E-state index is 13.9. The average Bonchev–Trinajstić information content (AvgIpc) is 2.61. The van der Waals surface area contributed by atoms with Crippen LogP contribution in [0.2, 0.25) is 5.02 Å². The van der Waals surface area contributed by atoms with Gasteiger partial charge in [0.25, 0.3) is 5.91 Å². The molecule has 8 heteroatoms. The summed E-state index contributed by atoms with van der Waals surface area (Å²) in [5.41, 5.74) is 0.109. The maximum absolute atomic E-state index is 13.9. The van der Waals surface area contributed by atoms with Crippen LogP contribution in [0, 0.1) is 5.82 Å². The second-order valence-corrected chi connectivity index (χ2v) is 5.64. The van der Waals surface area contributed by atoms with E-state index in [1.54, 1.807) is 12.1 Å². The molecule has 1 N–H and O–H groups in total. The van der Waals surface area contributed by atoms with Crippen LogP contribution in [0.3, 0.4) is 0 Å². The van der Waals surface area contributed by atoms with Crippen molar-refractivity contribution in [3.8, 4) is 11.5 Å². The monoisotopic (exact) mass is 381 g/mol. The minimum atomic E-state index is -1.15. The number of anilines is 1. The predicted molar refractivity (Wildman–Crippen MR) is 94.5 cm³/mol. The molecule has 1 atom stereocenters. The van der Waals surface area contributed by atoms with Crippen LogP contribution >= 0.6 is 11.6 Å². The number of carbonyl (C=O) groups excluding carboxylic acids is 2. The number of rotatable bonds is 6. The number of methoxy groups -OCH3 is 2. The van der Waals surface area contributed by atoms with Gasteiger partial charge in [0.2, 0.25) is 0 Å². The molecule has 0 saturated carbocycles. The van der Waals surface area contributed by atoms with Gasteiger partial charge in [0.1, 0.15) is 17.3 Å². The number of benzene rings is 2. The van der Waals surface area contributed by atoms with Crippen molar-refractivity contribution in [2.24, 2.45) is 0 Å². The zero-order valence-corrected chi connectivity index (χ0v) is 15.1. The summed E-state index contributed by atoms with van der Waals surface area (Å²) < 4.78 is 28.8. The largest absolute Gasteiger partial charge is 0.497 e. The highest BCUT2D eigenvalue weighted by atomic mass is 35.5. The Morgan fingerprint density at radius 1 is 1.12 bits per heavy atom. The number of hydrogen-bond donors (Lipinski definition) is 1. The molecule has 0 bridgehead atoms. The summed E-state index contributed by atoms with van der Waals surface area (Å²) in [6.07, 6.45) is -1.15. The fourth-order valence-electron chi connectivity index (χ4n) is 2.05. The van der Waals surface area contributed by atoms with Crippen molar-refractivity contribution in [3.63, 3.8) is 0 Å². The second-order valence-electron chi connectivity index (χ2n) is 5.23. The molecule has 0 aliphatic rings. The third-order valence-electron chi connectivity index (χ3n) is 3.47. The molecule has 0 aliphatic carbocycles. The Morgan fingerprint density at radius 2 is 1.85 bits per heavy atom. The van der Waals surface area contributed by atoms with E-state index in [2.05, 4.69) is 5.32 Å². The van der Waals surface area contributed by atoms with Crippen molar-refractivity contribution < 1.29 is 28.2 Å². The first-order valence-corrected chi connectivity index (χ1v) is 7.92. The lowest BCUT2D eigenvalue weighted by molar-refractivity contribution is -0.123. The fourth-order valence-corrected chi connectivity index (χ4v) is 2.31. The zero-order valence-electron chi connectivity index (χ0n) is 14.3. The van der Waals surface area contributed by atoms with Crippen LogP contribution in [0.5, 0.6) is 11.5 Å². The zero-order chi connectivity index (χ0) is 19.3. The van der Waals surface area contributed by atoms with Crippen LogP contribution in [0.15, 0.2) is 36.4 Å². The lowest BCUT2D eigenvalue weighted by atomic mass is 10.2. The third kappa shape index (κ3) is 4.64. The maximum Gasteiger partial charge on any atom is 0.341 e. The quantitative estimate of drug-likeness (QED) is 0.773. The van der Waals surface area contributed by atoms with E-state index in [1.807, 2.05) is 0 Å². The summed E-state index contributed by atoms with van der Waals surface area (Å²) in [6, 6.07) is 8.37. The van der Waals surface area contributed by atoms with Crippen molar-refractivity contribution in [1.82, 2.24) is 0 Å². The van der Waals surface area contributed by atoms with Gasteiger partial charge in [-0.25, -0.2) is 9.18 Å². The highest BCUT2D eigenvalue weighted by molar-refractivity contribution is 6.32.